The number of nitrogens with one attached hydrogen (secondary N) is 1. The molecule has 30 heavy (non-hydrogen) atoms. The van der Waals surface area contributed by atoms with Gasteiger partial charge in [0.2, 0.25) is 0 Å². The van der Waals surface area contributed by atoms with Crippen molar-refractivity contribution in [3.8, 4) is 11.5 Å². The van der Waals surface area contributed by atoms with Gasteiger partial charge in [0, 0.05) is 30.3 Å². The Morgan fingerprint density at radius 2 is 1.90 bits per heavy atom. The molecule has 0 amide bonds. The zero-order chi connectivity index (χ0) is 21.1. The summed E-state index contributed by atoms with van der Waals surface area (Å²) < 4.78 is 10.9. The van der Waals surface area contributed by atoms with E-state index in [1.54, 1.807) is 21.1 Å². The second kappa shape index (κ2) is 8.61. The summed E-state index contributed by atoms with van der Waals surface area (Å²) in [5, 5.41) is 3.46. The highest BCUT2D eigenvalue weighted by atomic mass is 16.5. The van der Waals surface area contributed by atoms with Crippen molar-refractivity contribution in [3.63, 3.8) is 0 Å². The van der Waals surface area contributed by atoms with Crippen molar-refractivity contribution in [2.45, 2.75) is 19.3 Å². The van der Waals surface area contributed by atoms with Gasteiger partial charge in [-0.3, -0.25) is 9.79 Å². The van der Waals surface area contributed by atoms with E-state index in [0.717, 1.165) is 48.1 Å². The van der Waals surface area contributed by atoms with E-state index in [4.69, 9.17) is 14.5 Å². The highest BCUT2D eigenvalue weighted by Gasteiger charge is 2.35. The normalized spacial score (nSPS) is 17.7. The molecule has 6 nitrogen and oxygen atoms in total. The van der Waals surface area contributed by atoms with E-state index in [1.807, 2.05) is 30.3 Å². The molecule has 2 aromatic rings. The Morgan fingerprint density at radius 3 is 2.60 bits per heavy atom. The van der Waals surface area contributed by atoms with Gasteiger partial charge in [-0.2, -0.15) is 0 Å². The van der Waals surface area contributed by atoms with Crippen LogP contribution in [0.5, 0.6) is 11.5 Å². The van der Waals surface area contributed by atoms with E-state index < -0.39 is 0 Å². The van der Waals surface area contributed by atoms with Gasteiger partial charge in [0.25, 0.3) is 0 Å². The first kappa shape index (κ1) is 20.0. The Morgan fingerprint density at radius 1 is 1.13 bits per heavy atom. The number of rotatable bonds is 7. The highest BCUT2D eigenvalue weighted by molar-refractivity contribution is 6.02. The number of anilines is 1. The first-order valence-electron chi connectivity index (χ1n) is 10.2. The summed E-state index contributed by atoms with van der Waals surface area (Å²) in [7, 11) is 3.31. The number of Topliss-reactive ketones (excluding diaryl/α,β-unsaturated/α-hetero) is 1. The summed E-state index contributed by atoms with van der Waals surface area (Å²) >= 11 is 0. The number of hydrogen-bond acceptors (Lipinski definition) is 6. The molecule has 0 aromatic heterocycles. The number of ether oxygens (including phenoxy) is 2. The summed E-state index contributed by atoms with van der Waals surface area (Å²) in [4.78, 5) is 18.6. The SMILES string of the molecule is COc1ccc(C2CN(CNc3ccc(C(C)=O)cc3)C3=NCCC=C32)cc1OC. The van der Waals surface area contributed by atoms with Gasteiger partial charge < -0.3 is 19.7 Å². The van der Waals surface area contributed by atoms with E-state index in [2.05, 4.69) is 28.4 Å². The standard InChI is InChI=1S/C24H27N3O3/c1-16(28)17-6-9-19(10-7-17)26-15-27-14-21(20-5-4-12-25-24(20)27)18-8-11-22(29-2)23(13-18)30-3/h5-11,13,21,26H,4,12,14-15H2,1-3H3. The predicted octanol–water partition coefficient (Wildman–Crippen LogP) is 4.10. The molecule has 4 rings (SSSR count). The topological polar surface area (TPSA) is 63.2 Å². The molecule has 2 heterocycles. The van der Waals surface area contributed by atoms with Crippen molar-refractivity contribution in [1.82, 2.24) is 4.90 Å². The van der Waals surface area contributed by atoms with Gasteiger partial charge in [0.15, 0.2) is 17.3 Å². The third-order valence-electron chi connectivity index (χ3n) is 5.67. The minimum absolute atomic E-state index is 0.0743. The summed E-state index contributed by atoms with van der Waals surface area (Å²) in [6.45, 7) is 3.90. The Bertz CT molecular complexity index is 995. The van der Waals surface area contributed by atoms with Gasteiger partial charge in [-0.1, -0.05) is 12.1 Å². The maximum absolute atomic E-state index is 11.5. The summed E-state index contributed by atoms with van der Waals surface area (Å²) in [6, 6.07) is 13.7. The number of nitrogens with zero attached hydrogens (tertiary/aromatic N) is 2. The van der Waals surface area contributed by atoms with Crippen LogP contribution in [0.2, 0.25) is 0 Å². The molecule has 1 atom stereocenters. The Labute approximate surface area is 177 Å². The molecule has 1 unspecified atom stereocenters. The maximum atomic E-state index is 11.5. The second-order valence-corrected chi connectivity index (χ2v) is 7.51. The fourth-order valence-corrected chi connectivity index (χ4v) is 4.06. The molecule has 0 radical (unpaired) electrons. The number of carbonyl (C=O) groups is 1. The lowest BCUT2D eigenvalue weighted by Crippen LogP contribution is -2.32. The molecule has 2 aromatic carbocycles. The van der Waals surface area contributed by atoms with Gasteiger partial charge in [-0.05, 0) is 60.9 Å². The minimum atomic E-state index is 0.0743. The molecule has 0 saturated carbocycles. The minimum Gasteiger partial charge on any atom is -0.493 e. The van der Waals surface area contributed by atoms with Crippen LogP contribution in [0.15, 0.2) is 59.1 Å². The summed E-state index contributed by atoms with van der Waals surface area (Å²) in [6.07, 6.45) is 3.28. The number of hydrogen-bond donors (Lipinski definition) is 1. The highest BCUT2D eigenvalue weighted by Crippen LogP contribution is 2.39. The van der Waals surface area contributed by atoms with Crippen LogP contribution in [0.1, 0.15) is 35.2 Å². The monoisotopic (exact) mass is 405 g/mol. The lowest BCUT2D eigenvalue weighted by molar-refractivity contribution is 0.101. The van der Waals surface area contributed by atoms with E-state index in [1.165, 1.54) is 11.1 Å². The van der Waals surface area contributed by atoms with E-state index in [9.17, 15) is 4.79 Å². The van der Waals surface area contributed by atoms with Crippen LogP contribution in [-0.4, -0.2) is 50.5 Å². The number of methoxy groups -OCH3 is 2. The lowest BCUT2D eigenvalue weighted by Gasteiger charge is -2.21. The van der Waals surface area contributed by atoms with E-state index in [-0.39, 0.29) is 11.7 Å². The van der Waals surface area contributed by atoms with Crippen LogP contribution in [0.25, 0.3) is 0 Å². The van der Waals surface area contributed by atoms with E-state index >= 15 is 0 Å². The lowest BCUT2D eigenvalue weighted by atomic mass is 9.91. The largest absolute Gasteiger partial charge is 0.493 e. The van der Waals surface area contributed by atoms with Crippen LogP contribution in [0.4, 0.5) is 5.69 Å². The number of fused-ring (bicyclic) bond motifs is 1. The van der Waals surface area contributed by atoms with Crippen molar-refractivity contribution in [1.29, 1.82) is 0 Å². The fourth-order valence-electron chi connectivity index (χ4n) is 4.06. The van der Waals surface area contributed by atoms with Crippen LogP contribution in [0, 0.1) is 0 Å². The zero-order valence-corrected chi connectivity index (χ0v) is 17.6. The number of carbonyl (C=O) groups excluding carboxylic acids is 1. The first-order chi connectivity index (χ1) is 14.6. The molecule has 6 heteroatoms. The van der Waals surface area contributed by atoms with Crippen molar-refractivity contribution in [2.75, 3.05) is 39.3 Å². The number of amidine groups is 1. The fraction of sp³-hybridized carbons (Fsp3) is 0.333. The van der Waals surface area contributed by atoms with Crippen LogP contribution >= 0.6 is 0 Å². The third kappa shape index (κ3) is 3.90. The number of ketones is 1. The van der Waals surface area contributed by atoms with Crippen LogP contribution < -0.4 is 14.8 Å². The number of benzene rings is 2. The quantitative estimate of drug-likeness (QED) is 0.703. The van der Waals surface area contributed by atoms with Crippen molar-refractivity contribution >= 4 is 17.3 Å². The van der Waals surface area contributed by atoms with Crippen LogP contribution in [0.3, 0.4) is 0 Å². The molecule has 156 valence electrons. The molecular formula is C24H27N3O3. The van der Waals surface area contributed by atoms with Gasteiger partial charge in [-0.15, -0.1) is 0 Å². The maximum Gasteiger partial charge on any atom is 0.161 e. The third-order valence-corrected chi connectivity index (χ3v) is 5.67. The zero-order valence-electron chi connectivity index (χ0n) is 17.6. The van der Waals surface area contributed by atoms with Gasteiger partial charge >= 0.3 is 0 Å². The predicted molar refractivity (Wildman–Crippen MR) is 119 cm³/mol. The van der Waals surface area contributed by atoms with Crippen molar-refractivity contribution in [3.05, 3.63) is 65.2 Å². The average Bonchev–Trinajstić information content (AvgIpc) is 3.16. The molecule has 1 fully saturated rings. The smallest absolute Gasteiger partial charge is 0.161 e. The Balaban J connectivity index is 1.52. The molecular weight excluding hydrogens is 378 g/mol. The first-order valence-corrected chi connectivity index (χ1v) is 10.2. The molecule has 0 aliphatic carbocycles. The summed E-state index contributed by atoms with van der Waals surface area (Å²) in [5.74, 6) is 2.86. The van der Waals surface area contributed by atoms with Crippen LogP contribution in [-0.2, 0) is 0 Å². The molecule has 0 bridgehead atoms. The number of aliphatic imine (C=N–C) groups is 1. The molecule has 2 aliphatic heterocycles. The molecule has 0 spiro atoms. The van der Waals surface area contributed by atoms with Crippen molar-refractivity contribution in [2.24, 2.45) is 4.99 Å². The molecule has 1 N–H and O–H groups in total. The van der Waals surface area contributed by atoms with Gasteiger partial charge in [0.1, 0.15) is 5.84 Å². The Hall–Kier alpha value is -3.28. The molecule has 2 aliphatic rings. The summed E-state index contributed by atoms with van der Waals surface area (Å²) in [5.41, 5.74) is 4.18. The van der Waals surface area contributed by atoms with Crippen molar-refractivity contribution < 1.29 is 14.3 Å². The van der Waals surface area contributed by atoms with Gasteiger partial charge in [-0.25, -0.2) is 0 Å². The Kier molecular flexibility index (Phi) is 5.74. The van der Waals surface area contributed by atoms with Gasteiger partial charge in [0.05, 0.1) is 20.9 Å². The van der Waals surface area contributed by atoms with E-state index in [0.29, 0.717) is 6.67 Å². The average molecular weight is 405 g/mol. The number of dihydropyridines is 1. The molecule has 1 saturated heterocycles. The number of likely N-dealkylation sites (tertiary alicyclic amines) is 1. The second-order valence-electron chi connectivity index (χ2n) is 7.51.